The molecular weight excluding hydrogens is 416 g/mol. The number of methoxy groups -OCH3 is 2. The molecule has 8 heteroatoms. The van der Waals surface area contributed by atoms with Crippen molar-refractivity contribution in [2.24, 2.45) is 0 Å². The number of anilines is 1. The highest BCUT2D eigenvalue weighted by Crippen LogP contribution is 2.33. The van der Waals surface area contributed by atoms with Gasteiger partial charge < -0.3 is 18.8 Å². The van der Waals surface area contributed by atoms with E-state index in [-0.39, 0.29) is 17.4 Å². The SMILES string of the molecule is COc1ccc(-c2nc(CS(=O)CC(=O)N3CCc4ccccc43)c(C)o2)cc1OC. The summed E-state index contributed by atoms with van der Waals surface area (Å²) in [6, 6.07) is 13.2. The highest BCUT2D eigenvalue weighted by atomic mass is 32.2. The molecule has 3 aromatic rings. The number of fused-ring (bicyclic) bond motifs is 1. The number of hydrogen-bond donors (Lipinski definition) is 0. The summed E-state index contributed by atoms with van der Waals surface area (Å²) in [6.45, 7) is 2.41. The van der Waals surface area contributed by atoms with Crippen LogP contribution in [0, 0.1) is 6.92 Å². The minimum atomic E-state index is -1.40. The third-order valence-electron chi connectivity index (χ3n) is 5.29. The Hall–Kier alpha value is -3.13. The van der Waals surface area contributed by atoms with Crippen LogP contribution in [-0.2, 0) is 27.8 Å². The minimum absolute atomic E-state index is 0.0493. The van der Waals surface area contributed by atoms with Crippen molar-refractivity contribution in [2.75, 3.05) is 31.4 Å². The second-order valence-corrected chi connectivity index (χ2v) is 8.70. The summed E-state index contributed by atoms with van der Waals surface area (Å²) in [7, 11) is 1.74. The molecule has 0 radical (unpaired) electrons. The molecule has 31 heavy (non-hydrogen) atoms. The predicted octanol–water partition coefficient (Wildman–Crippen LogP) is 3.51. The Morgan fingerprint density at radius 1 is 1.16 bits per heavy atom. The Kier molecular flexibility index (Phi) is 6.08. The largest absolute Gasteiger partial charge is 0.493 e. The molecule has 4 rings (SSSR count). The van der Waals surface area contributed by atoms with Gasteiger partial charge in [-0.25, -0.2) is 4.98 Å². The van der Waals surface area contributed by atoms with Gasteiger partial charge in [-0.2, -0.15) is 0 Å². The van der Waals surface area contributed by atoms with E-state index in [1.165, 1.54) is 0 Å². The Balaban J connectivity index is 1.45. The molecule has 0 aliphatic carbocycles. The van der Waals surface area contributed by atoms with E-state index in [0.29, 0.717) is 35.4 Å². The summed E-state index contributed by atoms with van der Waals surface area (Å²) in [5, 5.41) is 0. The van der Waals surface area contributed by atoms with Crippen molar-refractivity contribution in [1.82, 2.24) is 4.98 Å². The van der Waals surface area contributed by atoms with Crippen LogP contribution >= 0.6 is 0 Å². The Bertz CT molecular complexity index is 1140. The summed E-state index contributed by atoms with van der Waals surface area (Å²) in [5.41, 5.74) is 3.37. The van der Waals surface area contributed by atoms with E-state index in [9.17, 15) is 9.00 Å². The van der Waals surface area contributed by atoms with E-state index in [1.807, 2.05) is 30.3 Å². The second kappa shape index (κ2) is 8.93. The van der Waals surface area contributed by atoms with Crippen LogP contribution in [0.15, 0.2) is 46.9 Å². The van der Waals surface area contributed by atoms with Crippen molar-refractivity contribution in [3.63, 3.8) is 0 Å². The summed E-state index contributed by atoms with van der Waals surface area (Å²) in [4.78, 5) is 18.9. The molecule has 2 heterocycles. The van der Waals surface area contributed by atoms with Crippen molar-refractivity contribution in [3.05, 3.63) is 59.5 Å². The maximum Gasteiger partial charge on any atom is 0.239 e. The summed E-state index contributed by atoms with van der Waals surface area (Å²) in [5.74, 6) is 2.14. The molecule has 0 bridgehead atoms. The Morgan fingerprint density at radius 3 is 2.71 bits per heavy atom. The van der Waals surface area contributed by atoms with Crippen molar-refractivity contribution >= 4 is 22.4 Å². The lowest BCUT2D eigenvalue weighted by molar-refractivity contribution is -0.116. The molecular formula is C23H24N2O5S. The Labute approximate surface area is 183 Å². The number of ether oxygens (including phenoxy) is 2. The van der Waals surface area contributed by atoms with Crippen molar-refractivity contribution < 1.29 is 22.9 Å². The molecule has 0 fully saturated rings. The molecule has 1 aliphatic rings. The van der Waals surface area contributed by atoms with Gasteiger partial charge in [0.05, 0.1) is 25.7 Å². The molecule has 1 aromatic heterocycles. The highest BCUT2D eigenvalue weighted by molar-refractivity contribution is 7.84. The monoisotopic (exact) mass is 440 g/mol. The number of nitrogens with zero attached hydrogens (tertiary/aromatic N) is 2. The molecule has 1 unspecified atom stereocenters. The van der Waals surface area contributed by atoms with Crippen LogP contribution in [0.5, 0.6) is 11.5 Å². The zero-order valence-electron chi connectivity index (χ0n) is 17.7. The number of amides is 1. The number of rotatable bonds is 7. The molecule has 7 nitrogen and oxygen atoms in total. The molecule has 1 aliphatic heterocycles. The lowest BCUT2D eigenvalue weighted by Crippen LogP contribution is -2.33. The molecule has 1 atom stereocenters. The first kappa shape index (κ1) is 21.1. The van der Waals surface area contributed by atoms with Crippen molar-refractivity contribution in [3.8, 4) is 23.0 Å². The van der Waals surface area contributed by atoms with Gasteiger partial charge in [0, 0.05) is 28.6 Å². The zero-order chi connectivity index (χ0) is 22.0. The van der Waals surface area contributed by atoms with Gasteiger partial charge in [-0.15, -0.1) is 0 Å². The maximum atomic E-state index is 12.7. The van der Waals surface area contributed by atoms with Gasteiger partial charge in [-0.05, 0) is 43.2 Å². The van der Waals surface area contributed by atoms with Gasteiger partial charge in [0.15, 0.2) is 11.5 Å². The third kappa shape index (κ3) is 4.34. The number of carbonyl (C=O) groups excluding carboxylic acids is 1. The van der Waals surface area contributed by atoms with E-state index in [4.69, 9.17) is 13.9 Å². The number of aromatic nitrogens is 1. The minimum Gasteiger partial charge on any atom is -0.493 e. The summed E-state index contributed by atoms with van der Waals surface area (Å²) < 4.78 is 29.1. The molecule has 2 aromatic carbocycles. The number of oxazole rings is 1. The normalized spacial score (nSPS) is 13.7. The maximum absolute atomic E-state index is 12.7. The summed E-state index contributed by atoms with van der Waals surface area (Å²) >= 11 is 0. The first-order chi connectivity index (χ1) is 15.0. The van der Waals surface area contributed by atoms with E-state index in [0.717, 1.165) is 23.2 Å². The first-order valence-electron chi connectivity index (χ1n) is 9.92. The van der Waals surface area contributed by atoms with Crippen LogP contribution < -0.4 is 14.4 Å². The standard InChI is InChI=1S/C23H24N2O5S/c1-15-18(24-23(30-15)17-8-9-20(28-2)21(12-17)29-3)13-31(27)14-22(26)25-11-10-16-6-4-5-7-19(16)25/h4-9,12H,10-11,13-14H2,1-3H3. The van der Waals surface area contributed by atoms with Crippen LogP contribution in [0.25, 0.3) is 11.5 Å². The average molecular weight is 441 g/mol. The average Bonchev–Trinajstić information content (AvgIpc) is 3.37. The van der Waals surface area contributed by atoms with Gasteiger partial charge in [0.25, 0.3) is 0 Å². The molecule has 0 saturated carbocycles. The number of carbonyl (C=O) groups is 1. The number of hydrogen-bond acceptors (Lipinski definition) is 6. The lowest BCUT2D eigenvalue weighted by Gasteiger charge is -2.16. The van der Waals surface area contributed by atoms with Crippen molar-refractivity contribution in [1.29, 1.82) is 0 Å². The van der Waals surface area contributed by atoms with Gasteiger partial charge in [0.1, 0.15) is 11.5 Å². The van der Waals surface area contributed by atoms with Gasteiger partial charge in [-0.1, -0.05) is 18.2 Å². The van der Waals surface area contributed by atoms with E-state index in [1.54, 1.807) is 38.2 Å². The fraction of sp³-hybridized carbons (Fsp3) is 0.304. The van der Waals surface area contributed by atoms with E-state index >= 15 is 0 Å². The fourth-order valence-electron chi connectivity index (χ4n) is 3.67. The van der Waals surface area contributed by atoms with Crippen LogP contribution in [-0.4, -0.2) is 41.6 Å². The molecule has 1 amide bonds. The van der Waals surface area contributed by atoms with Gasteiger partial charge in [-0.3, -0.25) is 9.00 Å². The smallest absolute Gasteiger partial charge is 0.239 e. The number of aryl methyl sites for hydroxylation is 1. The van der Waals surface area contributed by atoms with Gasteiger partial charge in [0.2, 0.25) is 11.8 Å². The quantitative estimate of drug-likeness (QED) is 0.559. The Morgan fingerprint density at radius 2 is 1.94 bits per heavy atom. The van der Waals surface area contributed by atoms with Crippen LogP contribution in [0.1, 0.15) is 17.0 Å². The third-order valence-corrected chi connectivity index (χ3v) is 6.46. The lowest BCUT2D eigenvalue weighted by atomic mass is 10.2. The number of para-hydroxylation sites is 1. The van der Waals surface area contributed by atoms with E-state index < -0.39 is 10.8 Å². The van der Waals surface area contributed by atoms with Crippen LogP contribution in [0.3, 0.4) is 0 Å². The van der Waals surface area contributed by atoms with Gasteiger partial charge >= 0.3 is 0 Å². The number of benzene rings is 2. The second-order valence-electron chi connectivity index (χ2n) is 7.24. The zero-order valence-corrected chi connectivity index (χ0v) is 18.5. The summed E-state index contributed by atoms with van der Waals surface area (Å²) in [6.07, 6.45) is 0.825. The molecule has 0 spiro atoms. The van der Waals surface area contributed by atoms with E-state index in [2.05, 4.69) is 4.98 Å². The topological polar surface area (TPSA) is 81.9 Å². The predicted molar refractivity (Wildman–Crippen MR) is 119 cm³/mol. The first-order valence-corrected chi connectivity index (χ1v) is 11.4. The van der Waals surface area contributed by atoms with Crippen LogP contribution in [0.2, 0.25) is 0 Å². The molecule has 0 saturated heterocycles. The fourth-order valence-corrected chi connectivity index (χ4v) is 4.78. The van der Waals surface area contributed by atoms with Crippen molar-refractivity contribution in [2.45, 2.75) is 19.1 Å². The van der Waals surface area contributed by atoms with Crippen LogP contribution in [0.4, 0.5) is 5.69 Å². The highest BCUT2D eigenvalue weighted by Gasteiger charge is 2.26. The molecule has 162 valence electrons. The molecule has 0 N–H and O–H groups in total.